The van der Waals surface area contributed by atoms with E-state index in [-0.39, 0.29) is 53.6 Å². The SMILES string of the molecule is CCOc1cccc([C@H]2C3=CC[C@@H]4C(=O)N(c5cc([N+](=O)[O-])c(N(C)C)c([N+](=O)[O-])c5)C(=O)[C@@H]4[C@@H]3C[C@H]3C(=O)N(Nc4ccc(F)cc4)C(=O)[C@@]23c2ccc(Cl)cc2)c1O. The highest BCUT2D eigenvalue weighted by Crippen LogP contribution is 2.65. The quantitative estimate of drug-likeness (QED) is 0.0745. The number of halogens is 2. The second-order valence-corrected chi connectivity index (χ2v) is 15.7. The molecule has 2 N–H and O–H groups in total. The van der Waals surface area contributed by atoms with Gasteiger partial charge >= 0.3 is 11.4 Å². The third-order valence-corrected chi connectivity index (χ3v) is 12.3. The number of amides is 4. The number of hydrogen-bond donors (Lipinski definition) is 2. The summed E-state index contributed by atoms with van der Waals surface area (Å²) in [6, 6.07) is 18.1. The molecule has 6 atom stereocenters. The molecule has 4 amide bonds. The minimum absolute atomic E-state index is 0.0546. The molecule has 0 bridgehead atoms. The molecule has 4 aromatic carbocycles. The van der Waals surface area contributed by atoms with E-state index in [1.54, 1.807) is 55.5 Å². The van der Waals surface area contributed by atoms with Crippen molar-refractivity contribution >= 4 is 63.7 Å². The van der Waals surface area contributed by atoms with E-state index < -0.39 is 85.7 Å². The number of anilines is 3. The zero-order valence-electron chi connectivity index (χ0n) is 32.2. The Morgan fingerprint density at radius 3 is 2.18 bits per heavy atom. The molecule has 1 saturated carbocycles. The Balaban J connectivity index is 1.33. The zero-order valence-corrected chi connectivity index (χ0v) is 33.0. The summed E-state index contributed by atoms with van der Waals surface area (Å²) in [5, 5.41) is 37.7. The van der Waals surface area contributed by atoms with E-state index in [9.17, 15) is 44.1 Å². The molecule has 2 aliphatic heterocycles. The van der Waals surface area contributed by atoms with Crippen LogP contribution in [0.25, 0.3) is 0 Å². The van der Waals surface area contributed by atoms with E-state index in [2.05, 4.69) is 5.43 Å². The van der Waals surface area contributed by atoms with E-state index in [0.29, 0.717) is 16.2 Å². The van der Waals surface area contributed by atoms with Crippen LogP contribution < -0.4 is 20.0 Å². The van der Waals surface area contributed by atoms with Crippen molar-refractivity contribution in [3.8, 4) is 11.5 Å². The molecule has 16 nitrogen and oxygen atoms in total. The van der Waals surface area contributed by atoms with E-state index in [1.807, 2.05) is 0 Å². The van der Waals surface area contributed by atoms with Crippen LogP contribution in [0.4, 0.5) is 32.8 Å². The normalized spacial score (nSPS) is 24.4. The molecule has 308 valence electrons. The lowest BCUT2D eigenvalue weighted by Crippen LogP contribution is -2.53. The molecular formula is C42H36ClFN6O10. The number of nitrogens with zero attached hydrogens (tertiary/aromatic N) is 5. The van der Waals surface area contributed by atoms with Crippen molar-refractivity contribution < 1.29 is 43.3 Å². The van der Waals surface area contributed by atoms with Gasteiger partial charge in [-0.1, -0.05) is 47.5 Å². The molecule has 4 aliphatic rings. The van der Waals surface area contributed by atoms with Gasteiger partial charge in [0, 0.05) is 42.7 Å². The smallest absolute Gasteiger partial charge is 0.301 e. The molecule has 0 aromatic heterocycles. The lowest BCUT2D eigenvalue weighted by atomic mass is 9.49. The van der Waals surface area contributed by atoms with Crippen molar-refractivity contribution in [2.75, 3.05) is 35.9 Å². The number of rotatable bonds is 10. The number of nitro benzene ring substituents is 2. The Kier molecular flexibility index (Phi) is 9.81. The van der Waals surface area contributed by atoms with Crippen molar-refractivity contribution in [1.29, 1.82) is 0 Å². The number of ether oxygens (including phenoxy) is 1. The van der Waals surface area contributed by atoms with Crippen LogP contribution in [0.15, 0.2) is 90.5 Å². The first kappa shape index (κ1) is 39.9. The number of benzene rings is 4. The number of hydrogen-bond acceptors (Lipinski definition) is 12. The standard InChI is InChI=1S/C42H36ClFN6O10/c1-4-60-33-7-5-6-28(37(33)51)35-26-16-17-27-34(40(54)47(38(27)52)25-18-31(49(56)57)36(46(2)3)32(19-25)50(58)59)29(26)20-30-39(53)48(45-24-14-12-23(44)13-15-24)41(55)42(30,35)21-8-10-22(43)11-9-21/h5-16,18-19,27,29-30,34-35,45,51H,4,17,20H2,1-3H3/t27-,29+,30-,34-,35+,42+/m0/s1. The second kappa shape index (κ2) is 14.7. The highest BCUT2D eigenvalue weighted by Gasteiger charge is 2.71. The van der Waals surface area contributed by atoms with E-state index in [4.69, 9.17) is 16.3 Å². The van der Waals surface area contributed by atoms with E-state index >= 15 is 4.79 Å². The maximum atomic E-state index is 15.4. The molecule has 0 spiro atoms. The highest BCUT2D eigenvalue weighted by atomic mass is 35.5. The fourth-order valence-corrected chi connectivity index (χ4v) is 9.88. The van der Waals surface area contributed by atoms with Gasteiger partial charge in [-0.3, -0.25) is 44.8 Å². The molecule has 18 heteroatoms. The first-order chi connectivity index (χ1) is 28.6. The second-order valence-electron chi connectivity index (χ2n) is 15.3. The van der Waals surface area contributed by atoms with Crippen LogP contribution in [0, 0.1) is 49.7 Å². The largest absolute Gasteiger partial charge is 0.504 e. The molecule has 2 heterocycles. The van der Waals surface area contributed by atoms with Crippen LogP contribution in [0.3, 0.4) is 0 Å². The van der Waals surface area contributed by atoms with Crippen LogP contribution in [0.5, 0.6) is 11.5 Å². The van der Waals surface area contributed by atoms with Crippen molar-refractivity contribution in [3.05, 3.63) is 133 Å². The number of fused-ring (bicyclic) bond motifs is 4. The number of carbonyl (C=O) groups is 4. The summed E-state index contributed by atoms with van der Waals surface area (Å²) in [6.45, 7) is 1.90. The monoisotopic (exact) mass is 838 g/mol. The molecule has 0 radical (unpaired) electrons. The van der Waals surface area contributed by atoms with Gasteiger partial charge in [-0.2, -0.15) is 5.01 Å². The number of nitro groups is 2. The van der Waals surface area contributed by atoms with Gasteiger partial charge in [0.05, 0.1) is 51.0 Å². The van der Waals surface area contributed by atoms with Gasteiger partial charge in [-0.25, -0.2) is 9.29 Å². The lowest BCUT2D eigenvalue weighted by Gasteiger charge is -2.50. The van der Waals surface area contributed by atoms with Crippen molar-refractivity contribution in [2.45, 2.75) is 31.1 Å². The number of imide groups is 2. The van der Waals surface area contributed by atoms with E-state index in [1.165, 1.54) is 31.1 Å². The van der Waals surface area contributed by atoms with Gasteiger partial charge in [0.15, 0.2) is 17.2 Å². The summed E-state index contributed by atoms with van der Waals surface area (Å²) in [6.07, 6.45) is 1.53. The third-order valence-electron chi connectivity index (χ3n) is 12.1. The lowest BCUT2D eigenvalue weighted by molar-refractivity contribution is -0.392. The Morgan fingerprint density at radius 1 is 0.933 bits per heavy atom. The summed E-state index contributed by atoms with van der Waals surface area (Å²) < 4.78 is 19.7. The number of phenols is 1. The molecule has 60 heavy (non-hydrogen) atoms. The predicted molar refractivity (Wildman–Crippen MR) is 215 cm³/mol. The zero-order chi connectivity index (χ0) is 42.9. The Labute approximate surface area is 346 Å². The number of nitrogens with one attached hydrogen (secondary N) is 1. The van der Waals surface area contributed by atoms with Crippen LogP contribution in [-0.4, -0.2) is 64.3 Å². The minimum Gasteiger partial charge on any atom is -0.504 e. The topological polar surface area (TPSA) is 206 Å². The summed E-state index contributed by atoms with van der Waals surface area (Å²) >= 11 is 6.36. The van der Waals surface area contributed by atoms with Gasteiger partial charge in [0.1, 0.15) is 5.82 Å². The number of hydrazine groups is 1. The maximum Gasteiger partial charge on any atom is 0.301 e. The Morgan fingerprint density at radius 2 is 1.58 bits per heavy atom. The van der Waals surface area contributed by atoms with Crippen LogP contribution in [0.2, 0.25) is 5.02 Å². The van der Waals surface area contributed by atoms with Crippen molar-refractivity contribution in [2.24, 2.45) is 23.7 Å². The molecule has 3 fully saturated rings. The van der Waals surface area contributed by atoms with Gasteiger partial charge in [-0.05, 0) is 73.7 Å². The fraction of sp³-hybridized carbons (Fsp3) is 0.286. The van der Waals surface area contributed by atoms with Crippen LogP contribution in [0.1, 0.15) is 36.8 Å². The van der Waals surface area contributed by atoms with E-state index in [0.717, 1.165) is 34.2 Å². The number of allylic oxidation sites excluding steroid dienone is 2. The summed E-state index contributed by atoms with van der Waals surface area (Å²) in [4.78, 5) is 84.3. The predicted octanol–water partition coefficient (Wildman–Crippen LogP) is 6.66. The number of para-hydroxylation sites is 1. The molecule has 4 aromatic rings. The number of carbonyl (C=O) groups excluding carboxylic acids is 4. The molecule has 8 rings (SSSR count). The van der Waals surface area contributed by atoms with Crippen LogP contribution >= 0.6 is 11.6 Å². The van der Waals surface area contributed by atoms with Gasteiger partial charge in [0.2, 0.25) is 11.8 Å². The average molecular weight is 839 g/mol. The van der Waals surface area contributed by atoms with Crippen molar-refractivity contribution in [3.63, 3.8) is 0 Å². The number of aromatic hydroxyl groups is 1. The highest BCUT2D eigenvalue weighted by molar-refractivity contribution is 6.30. The first-order valence-electron chi connectivity index (χ1n) is 18.9. The Bertz CT molecular complexity index is 2520. The van der Waals surface area contributed by atoms with Gasteiger partial charge < -0.3 is 14.7 Å². The fourth-order valence-electron chi connectivity index (χ4n) is 9.75. The van der Waals surface area contributed by atoms with Gasteiger partial charge in [0.25, 0.3) is 11.8 Å². The first-order valence-corrected chi connectivity index (χ1v) is 19.3. The van der Waals surface area contributed by atoms with Crippen LogP contribution in [-0.2, 0) is 24.6 Å². The summed E-state index contributed by atoms with van der Waals surface area (Å²) in [5.74, 6) is -9.33. The minimum atomic E-state index is -1.80. The van der Waals surface area contributed by atoms with Gasteiger partial charge in [-0.15, -0.1) is 0 Å². The summed E-state index contributed by atoms with van der Waals surface area (Å²) in [7, 11) is 2.78. The molecule has 2 aliphatic carbocycles. The maximum absolute atomic E-state index is 15.4. The molecular weight excluding hydrogens is 803 g/mol. The third kappa shape index (κ3) is 5.93. The average Bonchev–Trinajstić information content (AvgIpc) is 3.59. The summed E-state index contributed by atoms with van der Waals surface area (Å²) in [5.41, 5.74) is 0.202. The Hall–Kier alpha value is -6.88. The number of phenolic OH excluding ortho intramolecular Hbond substituents is 1. The molecule has 0 unspecified atom stereocenters. The van der Waals surface area contributed by atoms with Crippen molar-refractivity contribution in [1.82, 2.24) is 5.01 Å². The molecule has 2 saturated heterocycles.